The van der Waals surface area contributed by atoms with Crippen LogP contribution in [0.1, 0.15) is 20.8 Å². The Bertz CT molecular complexity index is 690. The minimum Gasteiger partial charge on any atom is -0.459 e. The largest absolute Gasteiger partial charge is 0.459 e. The lowest BCUT2D eigenvalue weighted by Gasteiger charge is -2.33. The third kappa shape index (κ3) is 4.93. The van der Waals surface area contributed by atoms with Gasteiger partial charge in [0, 0.05) is 31.9 Å². The molecule has 134 valence electrons. The number of piperazine rings is 1. The van der Waals surface area contributed by atoms with E-state index in [1.807, 2.05) is 25.7 Å². The van der Waals surface area contributed by atoms with E-state index < -0.39 is 15.6 Å². The van der Waals surface area contributed by atoms with Gasteiger partial charge in [-0.2, -0.15) is 4.31 Å². The van der Waals surface area contributed by atoms with Crippen molar-refractivity contribution in [3.8, 4) is 0 Å². The fraction of sp³-hybridized carbons (Fsp3) is 0.562. The summed E-state index contributed by atoms with van der Waals surface area (Å²) in [4.78, 5) is 14.0. The van der Waals surface area contributed by atoms with Crippen molar-refractivity contribution in [3.63, 3.8) is 0 Å². The molecule has 1 aromatic carbocycles. The molecule has 1 saturated heterocycles. The number of nitrogen functional groups attached to an aromatic ring is 1. The molecule has 0 aromatic heterocycles. The summed E-state index contributed by atoms with van der Waals surface area (Å²) in [5.74, 6) is -0.297. The highest BCUT2D eigenvalue weighted by molar-refractivity contribution is 7.89. The Kier molecular flexibility index (Phi) is 5.52. The first-order valence-electron chi connectivity index (χ1n) is 7.88. The average Bonchev–Trinajstić information content (AvgIpc) is 2.45. The number of carbonyl (C=O) groups is 1. The first kappa shape index (κ1) is 18.7. The molecule has 1 heterocycles. The van der Waals surface area contributed by atoms with Gasteiger partial charge in [-0.05, 0) is 39.0 Å². The molecular formula is C16H25N3O4S. The minimum absolute atomic E-state index is 0.170. The molecule has 0 atom stereocenters. The van der Waals surface area contributed by atoms with Crippen molar-refractivity contribution in [1.82, 2.24) is 9.21 Å². The number of benzene rings is 1. The van der Waals surface area contributed by atoms with Gasteiger partial charge in [0.2, 0.25) is 10.0 Å². The Labute approximate surface area is 143 Å². The van der Waals surface area contributed by atoms with E-state index in [-0.39, 0.29) is 17.4 Å². The van der Waals surface area contributed by atoms with Gasteiger partial charge in [0.15, 0.2) is 0 Å². The quantitative estimate of drug-likeness (QED) is 0.638. The van der Waals surface area contributed by atoms with Gasteiger partial charge in [0.05, 0.1) is 11.4 Å². The van der Waals surface area contributed by atoms with Crippen molar-refractivity contribution < 1.29 is 17.9 Å². The molecule has 1 aliphatic rings. The molecule has 0 radical (unpaired) electrons. The van der Waals surface area contributed by atoms with E-state index >= 15 is 0 Å². The third-order valence-corrected chi connectivity index (χ3v) is 5.49. The van der Waals surface area contributed by atoms with E-state index in [0.717, 1.165) is 0 Å². The molecule has 0 aliphatic carbocycles. The molecule has 2 rings (SSSR count). The zero-order valence-corrected chi connectivity index (χ0v) is 15.2. The summed E-state index contributed by atoms with van der Waals surface area (Å²) in [5, 5.41) is 0. The van der Waals surface area contributed by atoms with Gasteiger partial charge >= 0.3 is 5.97 Å². The maximum absolute atomic E-state index is 12.6. The SMILES string of the molecule is CC(C)(C)OC(=O)CN1CCN(S(=O)(=O)c2cccc(N)c2)CC1. The van der Waals surface area contributed by atoms with E-state index in [1.165, 1.54) is 10.4 Å². The highest BCUT2D eigenvalue weighted by Gasteiger charge is 2.29. The summed E-state index contributed by atoms with van der Waals surface area (Å²) in [6.45, 7) is 7.27. The first-order chi connectivity index (χ1) is 11.1. The Balaban J connectivity index is 1.94. The number of hydrogen-bond acceptors (Lipinski definition) is 6. The second-order valence-electron chi connectivity index (χ2n) is 6.84. The van der Waals surface area contributed by atoms with Crippen LogP contribution in [0.15, 0.2) is 29.2 Å². The van der Waals surface area contributed by atoms with E-state index in [2.05, 4.69) is 0 Å². The second kappa shape index (κ2) is 7.08. The summed E-state index contributed by atoms with van der Waals surface area (Å²) in [6, 6.07) is 6.28. The van der Waals surface area contributed by atoms with Gasteiger partial charge in [0.25, 0.3) is 0 Å². The molecular weight excluding hydrogens is 330 g/mol. The van der Waals surface area contributed by atoms with Crippen molar-refractivity contribution in [2.24, 2.45) is 0 Å². The maximum atomic E-state index is 12.6. The standard InChI is InChI=1S/C16H25N3O4S/c1-16(2,3)23-15(20)12-18-7-9-19(10-8-18)24(21,22)14-6-4-5-13(17)11-14/h4-6,11H,7-10,12,17H2,1-3H3. The molecule has 8 heteroatoms. The fourth-order valence-electron chi connectivity index (χ4n) is 2.51. The molecule has 1 aromatic rings. The Hall–Kier alpha value is -1.64. The number of carbonyl (C=O) groups excluding carboxylic acids is 1. The lowest BCUT2D eigenvalue weighted by Crippen LogP contribution is -2.50. The molecule has 1 fully saturated rings. The zero-order valence-electron chi connectivity index (χ0n) is 14.4. The average molecular weight is 355 g/mol. The maximum Gasteiger partial charge on any atom is 0.320 e. The van der Waals surface area contributed by atoms with Crippen molar-refractivity contribution in [2.45, 2.75) is 31.3 Å². The summed E-state index contributed by atoms with van der Waals surface area (Å²) >= 11 is 0. The molecule has 2 N–H and O–H groups in total. The van der Waals surface area contributed by atoms with E-state index in [4.69, 9.17) is 10.5 Å². The van der Waals surface area contributed by atoms with Crippen LogP contribution in [-0.4, -0.2) is 61.9 Å². The van der Waals surface area contributed by atoms with Crippen LogP contribution in [0.2, 0.25) is 0 Å². The Morgan fingerprint density at radius 3 is 2.38 bits per heavy atom. The van der Waals surface area contributed by atoms with Crippen LogP contribution in [0.5, 0.6) is 0 Å². The summed E-state index contributed by atoms with van der Waals surface area (Å²) < 4.78 is 31.9. The number of sulfonamides is 1. The summed E-state index contributed by atoms with van der Waals surface area (Å²) in [7, 11) is -3.55. The topological polar surface area (TPSA) is 92.9 Å². The van der Waals surface area contributed by atoms with Gasteiger partial charge in [-0.25, -0.2) is 8.42 Å². The van der Waals surface area contributed by atoms with Crippen LogP contribution in [0.4, 0.5) is 5.69 Å². The highest BCUT2D eigenvalue weighted by atomic mass is 32.2. The number of ether oxygens (including phenoxy) is 1. The molecule has 0 saturated carbocycles. The Morgan fingerprint density at radius 2 is 1.83 bits per heavy atom. The number of nitrogens with two attached hydrogens (primary N) is 1. The number of rotatable bonds is 4. The van der Waals surface area contributed by atoms with E-state index in [1.54, 1.807) is 18.2 Å². The predicted octanol–water partition coefficient (Wildman–Crippen LogP) is 0.917. The first-order valence-corrected chi connectivity index (χ1v) is 9.32. The second-order valence-corrected chi connectivity index (χ2v) is 8.78. The molecule has 7 nitrogen and oxygen atoms in total. The van der Waals surface area contributed by atoms with Crippen LogP contribution in [0.25, 0.3) is 0 Å². The molecule has 0 amide bonds. The van der Waals surface area contributed by atoms with Gasteiger partial charge in [-0.15, -0.1) is 0 Å². The third-order valence-electron chi connectivity index (χ3n) is 3.60. The smallest absolute Gasteiger partial charge is 0.320 e. The minimum atomic E-state index is -3.55. The monoisotopic (exact) mass is 355 g/mol. The van der Waals surface area contributed by atoms with Crippen molar-refractivity contribution in [1.29, 1.82) is 0 Å². The van der Waals surface area contributed by atoms with Gasteiger partial charge in [-0.3, -0.25) is 9.69 Å². The van der Waals surface area contributed by atoms with Crippen LogP contribution >= 0.6 is 0 Å². The van der Waals surface area contributed by atoms with Gasteiger partial charge < -0.3 is 10.5 Å². The van der Waals surface area contributed by atoms with Crippen LogP contribution in [0.3, 0.4) is 0 Å². The van der Waals surface area contributed by atoms with Crippen LogP contribution in [-0.2, 0) is 19.6 Å². The highest BCUT2D eigenvalue weighted by Crippen LogP contribution is 2.19. The molecule has 24 heavy (non-hydrogen) atoms. The molecule has 0 spiro atoms. The molecule has 0 bridgehead atoms. The molecule has 0 unspecified atom stereocenters. The predicted molar refractivity (Wildman–Crippen MR) is 91.9 cm³/mol. The fourth-order valence-corrected chi connectivity index (χ4v) is 3.99. The van der Waals surface area contributed by atoms with Crippen molar-refractivity contribution >= 4 is 21.7 Å². The summed E-state index contributed by atoms with van der Waals surface area (Å²) in [6.07, 6.45) is 0. The number of esters is 1. The van der Waals surface area contributed by atoms with Gasteiger partial charge in [-0.1, -0.05) is 6.07 Å². The van der Waals surface area contributed by atoms with Crippen molar-refractivity contribution in [2.75, 3.05) is 38.5 Å². The number of anilines is 1. The van der Waals surface area contributed by atoms with Crippen LogP contribution in [0, 0.1) is 0 Å². The number of hydrogen-bond donors (Lipinski definition) is 1. The normalized spacial score (nSPS) is 17.6. The van der Waals surface area contributed by atoms with Crippen LogP contribution < -0.4 is 5.73 Å². The van der Waals surface area contributed by atoms with E-state index in [9.17, 15) is 13.2 Å². The lowest BCUT2D eigenvalue weighted by atomic mass is 10.2. The number of nitrogens with zero attached hydrogens (tertiary/aromatic N) is 2. The Morgan fingerprint density at radius 1 is 1.21 bits per heavy atom. The molecule has 1 aliphatic heterocycles. The lowest BCUT2D eigenvalue weighted by molar-refractivity contribution is -0.156. The zero-order chi connectivity index (χ0) is 18.0. The van der Waals surface area contributed by atoms with E-state index in [0.29, 0.717) is 31.9 Å². The summed E-state index contributed by atoms with van der Waals surface area (Å²) in [5.41, 5.74) is 5.57. The van der Waals surface area contributed by atoms with Gasteiger partial charge in [0.1, 0.15) is 5.60 Å². The van der Waals surface area contributed by atoms with Crippen molar-refractivity contribution in [3.05, 3.63) is 24.3 Å².